The molecule has 0 unspecified atom stereocenters. The monoisotopic (exact) mass is 1120 g/mol. The van der Waals surface area contributed by atoms with Crippen LogP contribution in [0.5, 0.6) is 0 Å². The molecule has 88 heavy (non-hydrogen) atoms. The molecule has 0 radical (unpaired) electrons. The van der Waals surface area contributed by atoms with E-state index in [0.717, 1.165) is 22.7 Å². The largest absolute Gasteiger partial charge is 0.310 e. The molecule has 0 aliphatic carbocycles. The van der Waals surface area contributed by atoms with E-state index in [1.54, 1.807) is 0 Å². The zero-order valence-electron chi connectivity index (χ0n) is 49.3. The van der Waals surface area contributed by atoms with Crippen molar-refractivity contribution in [3.63, 3.8) is 0 Å². The molecule has 4 heterocycles. The van der Waals surface area contributed by atoms with Gasteiger partial charge in [-0.3, -0.25) is 0 Å². The van der Waals surface area contributed by atoms with E-state index in [9.17, 15) is 0 Å². The number of hydrogen-bond acceptors (Lipinski definition) is 2. The summed E-state index contributed by atoms with van der Waals surface area (Å²) in [5, 5.41) is 19.9. The predicted molar refractivity (Wildman–Crippen MR) is 374 cm³/mol. The van der Waals surface area contributed by atoms with Crippen LogP contribution in [0, 0.1) is 0 Å². The third-order valence-electron chi connectivity index (χ3n) is 20.2. The highest BCUT2D eigenvalue weighted by Crippen LogP contribution is 2.57. The van der Waals surface area contributed by atoms with Crippen LogP contribution < -0.4 is 9.80 Å². The molecule has 0 bridgehead atoms. The van der Waals surface area contributed by atoms with Crippen LogP contribution in [0.2, 0.25) is 0 Å². The van der Waals surface area contributed by atoms with Gasteiger partial charge in [0.05, 0.1) is 44.8 Å². The van der Waals surface area contributed by atoms with Crippen molar-refractivity contribution in [2.24, 2.45) is 0 Å². The van der Waals surface area contributed by atoms with Crippen LogP contribution in [0.3, 0.4) is 0 Å². The van der Waals surface area contributed by atoms with Gasteiger partial charge in [0.2, 0.25) is 0 Å². The average molecular weight is 1120 g/mol. The minimum atomic E-state index is -0.280. The summed E-state index contributed by atoms with van der Waals surface area (Å²) in [7, 11) is 0. The number of hydrogen-bond donors (Lipinski definition) is 0. The number of benzene rings is 15. The van der Waals surface area contributed by atoms with E-state index in [1.807, 2.05) is 0 Å². The summed E-state index contributed by atoms with van der Waals surface area (Å²) in [6, 6.07) is 105. The van der Waals surface area contributed by atoms with Gasteiger partial charge in [-0.1, -0.05) is 161 Å². The van der Waals surface area contributed by atoms with Crippen LogP contribution in [0.4, 0.5) is 34.1 Å². The Bertz CT molecular complexity index is 5520. The first-order chi connectivity index (χ1) is 43.1. The third-order valence-corrected chi connectivity index (χ3v) is 20.2. The lowest BCUT2D eigenvalue weighted by molar-refractivity contribution is 0.633. The SMILES string of the molecule is CC1(C)c2ccccc2N(c2ccc3cc4cc(N5c6ccccc6C(C)(C)c6cc7c8cc9cc%10ccccc%10cc9cc8n(-c8ccccc8)c7cc65)ccc4cc3c2)c2cc3c(cc21)c1cc2cc4ccccc4cc2cc1n3-c1ccccc1. The summed E-state index contributed by atoms with van der Waals surface area (Å²) in [6.45, 7) is 9.62. The highest BCUT2D eigenvalue weighted by atomic mass is 15.2. The second kappa shape index (κ2) is 17.8. The van der Waals surface area contributed by atoms with Gasteiger partial charge in [0.1, 0.15) is 0 Å². The van der Waals surface area contributed by atoms with E-state index in [-0.39, 0.29) is 10.8 Å². The molecule has 4 nitrogen and oxygen atoms in total. The Kier molecular flexibility index (Phi) is 9.99. The number of anilines is 6. The Labute approximate surface area is 509 Å². The molecule has 2 aliphatic rings. The Balaban J connectivity index is 0.775. The fourth-order valence-corrected chi connectivity index (χ4v) is 15.8. The first-order valence-corrected chi connectivity index (χ1v) is 30.9. The fourth-order valence-electron chi connectivity index (χ4n) is 15.8. The van der Waals surface area contributed by atoms with Crippen molar-refractivity contribution in [2.75, 3.05) is 9.80 Å². The summed E-state index contributed by atoms with van der Waals surface area (Å²) >= 11 is 0. The molecule has 0 amide bonds. The minimum absolute atomic E-state index is 0.280. The molecular formula is C84H58N4. The van der Waals surface area contributed by atoms with Crippen LogP contribution >= 0.6 is 0 Å². The molecule has 17 aromatic rings. The molecule has 0 saturated heterocycles. The van der Waals surface area contributed by atoms with Crippen molar-refractivity contribution >= 4 is 142 Å². The standard InChI is InChI=1S/C84H58N4/c1-83(2)71-27-15-17-29-75(71)87(81-49-79-69(47-73(81)83)67-43-59-35-51-19-11-13-21-53(51)37-61(59)45-77(67)85(79)63-23-7-5-8-24-63)65-33-31-55-40-58-42-66(34-32-56(58)39-57(55)41-65)88-76-30-18-16-28-72(76)84(3,4)74-48-70-68-44-60-36-52-20-12-14-22-54(52)38-62(60)46-78(68)86(80(70)50-82(74)88)64-25-9-6-10-26-64/h5-50H,1-4H3. The maximum absolute atomic E-state index is 2.53. The van der Waals surface area contributed by atoms with Gasteiger partial charge in [-0.2, -0.15) is 0 Å². The molecule has 4 heteroatoms. The van der Waals surface area contributed by atoms with Crippen LogP contribution in [0.1, 0.15) is 49.9 Å². The van der Waals surface area contributed by atoms with Gasteiger partial charge in [-0.15, -0.1) is 0 Å². The molecule has 414 valence electrons. The van der Waals surface area contributed by atoms with Crippen LogP contribution in [-0.4, -0.2) is 9.13 Å². The second-order valence-corrected chi connectivity index (χ2v) is 25.8. The van der Waals surface area contributed by atoms with Gasteiger partial charge in [-0.25, -0.2) is 0 Å². The number of nitrogens with zero attached hydrogens (tertiary/aromatic N) is 4. The van der Waals surface area contributed by atoms with E-state index in [2.05, 4.69) is 326 Å². The van der Waals surface area contributed by atoms with E-state index < -0.39 is 0 Å². The van der Waals surface area contributed by atoms with E-state index in [4.69, 9.17) is 0 Å². The highest BCUT2D eigenvalue weighted by molar-refractivity contribution is 6.18. The number of rotatable bonds is 4. The van der Waals surface area contributed by atoms with E-state index in [1.165, 1.54) is 153 Å². The Morgan fingerprint density at radius 3 is 0.909 bits per heavy atom. The van der Waals surface area contributed by atoms with Gasteiger partial charge < -0.3 is 18.9 Å². The number of para-hydroxylation sites is 4. The molecule has 19 rings (SSSR count). The Morgan fingerprint density at radius 2 is 0.511 bits per heavy atom. The lowest BCUT2D eigenvalue weighted by Gasteiger charge is -2.42. The molecule has 2 aliphatic heterocycles. The summed E-state index contributed by atoms with van der Waals surface area (Å²) in [4.78, 5) is 5.06. The average Bonchev–Trinajstić information content (AvgIpc) is 1.78. The van der Waals surface area contributed by atoms with Crippen molar-refractivity contribution in [3.05, 3.63) is 301 Å². The molecule has 0 atom stereocenters. The van der Waals surface area contributed by atoms with Crippen molar-refractivity contribution in [3.8, 4) is 11.4 Å². The summed E-state index contributed by atoms with van der Waals surface area (Å²) in [5.41, 5.74) is 18.9. The topological polar surface area (TPSA) is 16.3 Å². The van der Waals surface area contributed by atoms with Gasteiger partial charge >= 0.3 is 0 Å². The molecule has 0 N–H and O–H groups in total. The van der Waals surface area contributed by atoms with Crippen LogP contribution in [0.15, 0.2) is 279 Å². The zero-order chi connectivity index (χ0) is 58.3. The maximum Gasteiger partial charge on any atom is 0.0562 e. The van der Waals surface area contributed by atoms with Crippen LogP contribution in [-0.2, 0) is 10.8 Å². The van der Waals surface area contributed by atoms with Gasteiger partial charge in [0.15, 0.2) is 0 Å². The van der Waals surface area contributed by atoms with Gasteiger partial charge in [0, 0.05) is 55.1 Å². The smallest absolute Gasteiger partial charge is 0.0562 e. The molecule has 0 spiro atoms. The van der Waals surface area contributed by atoms with Gasteiger partial charge in [-0.05, 0) is 232 Å². The predicted octanol–water partition coefficient (Wildman–Crippen LogP) is 23.0. The molecule has 2 aromatic heterocycles. The first kappa shape index (κ1) is 49.3. The van der Waals surface area contributed by atoms with Crippen LogP contribution in [0.25, 0.3) is 120 Å². The number of fused-ring (bicyclic) bond motifs is 16. The van der Waals surface area contributed by atoms with E-state index >= 15 is 0 Å². The van der Waals surface area contributed by atoms with Crippen molar-refractivity contribution in [1.29, 1.82) is 0 Å². The fraction of sp³-hybridized carbons (Fsp3) is 0.0714. The highest BCUT2D eigenvalue weighted by Gasteiger charge is 2.40. The zero-order valence-corrected chi connectivity index (χ0v) is 49.3. The normalized spacial score (nSPS) is 14.3. The molecule has 15 aromatic carbocycles. The minimum Gasteiger partial charge on any atom is -0.310 e. The van der Waals surface area contributed by atoms with Crippen molar-refractivity contribution < 1.29 is 0 Å². The second-order valence-electron chi connectivity index (χ2n) is 25.8. The summed E-state index contributed by atoms with van der Waals surface area (Å²) < 4.78 is 4.98. The Morgan fingerprint density at radius 1 is 0.205 bits per heavy atom. The molecular weight excluding hydrogens is 1060 g/mol. The third kappa shape index (κ3) is 6.97. The van der Waals surface area contributed by atoms with Crippen molar-refractivity contribution in [2.45, 2.75) is 38.5 Å². The van der Waals surface area contributed by atoms with Gasteiger partial charge in [0.25, 0.3) is 0 Å². The summed E-state index contributed by atoms with van der Waals surface area (Å²) in [5.74, 6) is 0. The van der Waals surface area contributed by atoms with Crippen molar-refractivity contribution in [1.82, 2.24) is 9.13 Å². The number of aromatic nitrogens is 2. The molecule has 0 fully saturated rings. The maximum atomic E-state index is 2.53. The first-order valence-electron chi connectivity index (χ1n) is 30.9. The Hall–Kier alpha value is -10.9. The lowest BCUT2D eigenvalue weighted by Crippen LogP contribution is -2.30. The molecule has 0 saturated carbocycles. The van der Waals surface area contributed by atoms with E-state index in [0.29, 0.717) is 0 Å². The lowest BCUT2D eigenvalue weighted by atomic mass is 9.73. The quantitative estimate of drug-likeness (QED) is 0.163. The summed E-state index contributed by atoms with van der Waals surface area (Å²) in [6.07, 6.45) is 0.